The molecule has 0 spiro atoms. The summed E-state index contributed by atoms with van der Waals surface area (Å²) in [5.74, 6) is 0.202. The number of rotatable bonds is 1. The summed E-state index contributed by atoms with van der Waals surface area (Å²) >= 11 is 5.93. The van der Waals surface area contributed by atoms with Crippen LogP contribution in [0.2, 0.25) is 5.02 Å². The van der Waals surface area contributed by atoms with Crippen molar-refractivity contribution < 1.29 is 9.90 Å². The van der Waals surface area contributed by atoms with E-state index in [1.54, 1.807) is 33.9 Å². The Bertz CT molecular complexity index is 679. The van der Waals surface area contributed by atoms with Gasteiger partial charge in [0, 0.05) is 26.3 Å². The summed E-state index contributed by atoms with van der Waals surface area (Å²) in [7, 11) is 1.81. The number of hydrogen-bond donors (Lipinski definition) is 1. The lowest BCUT2D eigenvalue weighted by Gasteiger charge is -2.29. The molecule has 20 heavy (non-hydrogen) atoms. The lowest BCUT2D eigenvalue weighted by atomic mass is 9.99. The highest BCUT2D eigenvalue weighted by Crippen LogP contribution is 2.24. The van der Waals surface area contributed by atoms with Crippen LogP contribution in [0.3, 0.4) is 0 Å². The van der Waals surface area contributed by atoms with Gasteiger partial charge in [0.15, 0.2) is 0 Å². The molecule has 0 aliphatic carbocycles. The molecule has 4 nitrogen and oxygen atoms in total. The number of halogens is 1. The molecular weight excluding hydrogens is 276 g/mol. The Balaban J connectivity index is 1.86. The van der Waals surface area contributed by atoms with Crippen LogP contribution in [0.5, 0.6) is 5.75 Å². The molecule has 3 rings (SSSR count). The van der Waals surface area contributed by atoms with Gasteiger partial charge >= 0.3 is 0 Å². The minimum Gasteiger partial charge on any atom is -0.508 e. The minimum absolute atomic E-state index is 0.0339. The van der Waals surface area contributed by atoms with Gasteiger partial charge in [-0.05, 0) is 35.7 Å². The highest BCUT2D eigenvalue weighted by Gasteiger charge is 2.23. The predicted molar refractivity (Wildman–Crippen MR) is 77.0 cm³/mol. The Labute approximate surface area is 122 Å². The minimum atomic E-state index is -0.0339. The van der Waals surface area contributed by atoms with Crippen LogP contribution in [0.25, 0.3) is 0 Å². The molecule has 1 amide bonds. The summed E-state index contributed by atoms with van der Waals surface area (Å²) in [5.41, 5.74) is 2.78. The van der Waals surface area contributed by atoms with Crippen molar-refractivity contribution in [3.8, 4) is 5.75 Å². The lowest BCUT2D eigenvalue weighted by molar-refractivity contribution is 0.0725. The first-order chi connectivity index (χ1) is 9.54. The highest BCUT2D eigenvalue weighted by atomic mass is 35.5. The van der Waals surface area contributed by atoms with Crippen LogP contribution in [-0.4, -0.2) is 27.0 Å². The van der Waals surface area contributed by atoms with E-state index in [-0.39, 0.29) is 11.7 Å². The van der Waals surface area contributed by atoms with Gasteiger partial charge in [-0.2, -0.15) is 0 Å². The van der Waals surface area contributed by atoms with Crippen LogP contribution >= 0.6 is 11.6 Å². The number of aromatic nitrogens is 1. The molecule has 0 fully saturated rings. The van der Waals surface area contributed by atoms with Crippen LogP contribution in [-0.2, 0) is 20.0 Å². The van der Waals surface area contributed by atoms with E-state index < -0.39 is 0 Å². The van der Waals surface area contributed by atoms with Gasteiger partial charge < -0.3 is 14.6 Å². The fourth-order valence-electron chi connectivity index (χ4n) is 2.62. The molecule has 0 radical (unpaired) electrons. The monoisotopic (exact) mass is 290 g/mol. The summed E-state index contributed by atoms with van der Waals surface area (Å²) in [6, 6.07) is 7.02. The normalized spacial score (nSPS) is 14.2. The SMILES string of the molecule is Cn1cc(Cl)cc1C(=O)N1CCc2ccc(O)cc2C1. The summed E-state index contributed by atoms with van der Waals surface area (Å²) in [5, 5.41) is 10.1. The third-order valence-electron chi connectivity index (χ3n) is 3.68. The smallest absolute Gasteiger partial charge is 0.270 e. The van der Waals surface area contributed by atoms with Gasteiger partial charge in [0.05, 0.1) is 5.02 Å². The predicted octanol–water partition coefficient (Wildman–Crippen LogP) is 2.58. The van der Waals surface area contributed by atoms with Crippen molar-refractivity contribution in [2.75, 3.05) is 6.54 Å². The van der Waals surface area contributed by atoms with Crippen molar-refractivity contribution in [3.63, 3.8) is 0 Å². The maximum atomic E-state index is 12.5. The Kier molecular flexibility index (Phi) is 3.18. The van der Waals surface area contributed by atoms with Gasteiger partial charge in [-0.15, -0.1) is 0 Å². The van der Waals surface area contributed by atoms with Crippen molar-refractivity contribution in [1.29, 1.82) is 0 Å². The maximum absolute atomic E-state index is 12.5. The summed E-state index contributed by atoms with van der Waals surface area (Å²) in [4.78, 5) is 14.3. The molecule has 2 aromatic rings. The molecule has 0 saturated heterocycles. The molecule has 5 heteroatoms. The van der Waals surface area contributed by atoms with Crippen LogP contribution in [0.1, 0.15) is 21.6 Å². The van der Waals surface area contributed by atoms with Crippen molar-refractivity contribution in [2.24, 2.45) is 7.05 Å². The molecule has 104 valence electrons. The summed E-state index contributed by atoms with van der Waals surface area (Å²) < 4.78 is 1.74. The lowest BCUT2D eigenvalue weighted by Crippen LogP contribution is -2.36. The van der Waals surface area contributed by atoms with E-state index >= 15 is 0 Å². The number of amides is 1. The molecule has 1 aromatic heterocycles. The number of benzene rings is 1. The van der Waals surface area contributed by atoms with Gasteiger partial charge in [-0.1, -0.05) is 17.7 Å². The zero-order valence-electron chi connectivity index (χ0n) is 11.1. The second-order valence-electron chi connectivity index (χ2n) is 5.08. The molecule has 1 N–H and O–H groups in total. The van der Waals surface area contributed by atoms with Gasteiger partial charge in [0.1, 0.15) is 11.4 Å². The van der Waals surface area contributed by atoms with E-state index in [9.17, 15) is 9.90 Å². The number of fused-ring (bicyclic) bond motifs is 1. The average molecular weight is 291 g/mol. The van der Waals surface area contributed by atoms with Gasteiger partial charge in [-0.25, -0.2) is 0 Å². The number of hydrogen-bond acceptors (Lipinski definition) is 2. The summed E-state index contributed by atoms with van der Waals surface area (Å²) in [6.45, 7) is 1.20. The zero-order chi connectivity index (χ0) is 14.3. The van der Waals surface area contributed by atoms with Gasteiger partial charge in [0.2, 0.25) is 0 Å². The van der Waals surface area contributed by atoms with E-state index in [0.29, 0.717) is 23.8 Å². The second-order valence-corrected chi connectivity index (χ2v) is 5.52. The van der Waals surface area contributed by atoms with Crippen molar-refractivity contribution in [2.45, 2.75) is 13.0 Å². The van der Waals surface area contributed by atoms with E-state index in [0.717, 1.165) is 12.0 Å². The molecule has 1 aromatic carbocycles. The molecule has 0 bridgehead atoms. The number of phenols is 1. The molecular formula is C15H15ClN2O2. The largest absolute Gasteiger partial charge is 0.508 e. The molecule has 1 aliphatic heterocycles. The van der Waals surface area contributed by atoms with Crippen molar-refractivity contribution in [1.82, 2.24) is 9.47 Å². The first-order valence-corrected chi connectivity index (χ1v) is 6.84. The van der Waals surface area contributed by atoms with Crippen LogP contribution in [0.15, 0.2) is 30.5 Å². The number of nitrogens with zero attached hydrogens (tertiary/aromatic N) is 2. The van der Waals surface area contributed by atoms with Crippen LogP contribution in [0, 0.1) is 0 Å². The number of carbonyl (C=O) groups is 1. The van der Waals surface area contributed by atoms with Gasteiger partial charge in [-0.3, -0.25) is 4.79 Å². The molecule has 0 unspecified atom stereocenters. The zero-order valence-corrected chi connectivity index (χ0v) is 11.9. The fraction of sp³-hybridized carbons (Fsp3) is 0.267. The standard InChI is InChI=1S/C15H15ClN2O2/c1-17-9-12(16)7-14(17)15(20)18-5-4-10-2-3-13(19)6-11(10)8-18/h2-3,6-7,9,19H,4-5,8H2,1H3. The molecule has 0 saturated carbocycles. The second kappa shape index (κ2) is 4.87. The average Bonchev–Trinajstić information content (AvgIpc) is 2.76. The van der Waals surface area contributed by atoms with Crippen molar-refractivity contribution in [3.05, 3.63) is 52.3 Å². The number of aromatic hydroxyl groups is 1. The topological polar surface area (TPSA) is 45.5 Å². The van der Waals surface area contributed by atoms with E-state index in [2.05, 4.69) is 0 Å². The quantitative estimate of drug-likeness (QED) is 0.877. The first-order valence-electron chi connectivity index (χ1n) is 6.46. The maximum Gasteiger partial charge on any atom is 0.270 e. The number of carbonyl (C=O) groups excluding carboxylic acids is 1. The van der Waals surface area contributed by atoms with Crippen LogP contribution < -0.4 is 0 Å². The van der Waals surface area contributed by atoms with E-state index in [1.165, 1.54) is 5.56 Å². The first kappa shape index (κ1) is 13.1. The van der Waals surface area contributed by atoms with Gasteiger partial charge in [0.25, 0.3) is 5.91 Å². The third-order valence-corrected chi connectivity index (χ3v) is 3.89. The van der Waals surface area contributed by atoms with Crippen molar-refractivity contribution >= 4 is 17.5 Å². The molecule has 1 aliphatic rings. The fourth-order valence-corrected chi connectivity index (χ4v) is 2.87. The number of aryl methyl sites for hydroxylation is 1. The number of phenolic OH excluding ortho intramolecular Hbond substituents is 1. The highest BCUT2D eigenvalue weighted by molar-refractivity contribution is 6.31. The van der Waals surface area contributed by atoms with E-state index in [4.69, 9.17) is 11.6 Å². The third kappa shape index (κ3) is 2.27. The summed E-state index contributed by atoms with van der Waals surface area (Å²) in [6.07, 6.45) is 2.53. The molecule has 2 heterocycles. The van der Waals surface area contributed by atoms with E-state index in [1.807, 2.05) is 13.1 Å². The Hall–Kier alpha value is -1.94. The van der Waals surface area contributed by atoms with Crippen LogP contribution in [0.4, 0.5) is 0 Å². The molecule has 0 atom stereocenters. The Morgan fingerprint density at radius 3 is 2.80 bits per heavy atom. The Morgan fingerprint density at radius 1 is 1.30 bits per heavy atom. The Morgan fingerprint density at radius 2 is 2.10 bits per heavy atom.